The van der Waals surface area contributed by atoms with Crippen LogP contribution in [0.2, 0.25) is 0 Å². The van der Waals surface area contributed by atoms with Crippen LogP contribution in [0.5, 0.6) is 5.75 Å². The highest BCUT2D eigenvalue weighted by molar-refractivity contribution is 6.04. The van der Waals surface area contributed by atoms with Crippen LogP contribution in [0, 0.1) is 0 Å². The van der Waals surface area contributed by atoms with Crippen LogP contribution < -0.4 is 15.4 Å². The molecular formula is C20H21N3O4. The minimum Gasteiger partial charge on any atom is -0.495 e. The highest BCUT2D eigenvalue weighted by Crippen LogP contribution is 2.28. The molecule has 2 N–H and O–H groups in total. The largest absolute Gasteiger partial charge is 0.495 e. The van der Waals surface area contributed by atoms with Crippen molar-refractivity contribution >= 4 is 23.4 Å². The minimum atomic E-state index is -0.682. The molecule has 1 atom stereocenters. The summed E-state index contributed by atoms with van der Waals surface area (Å²) < 4.78 is 5.26. The molecule has 0 fully saturated rings. The van der Waals surface area contributed by atoms with Crippen molar-refractivity contribution in [2.75, 3.05) is 19.5 Å². The first kappa shape index (κ1) is 18.4. The van der Waals surface area contributed by atoms with E-state index in [-0.39, 0.29) is 17.7 Å². The molecule has 0 saturated heterocycles. The number of carbonyl (C=O) groups is 3. The van der Waals surface area contributed by atoms with Gasteiger partial charge in [-0.2, -0.15) is 0 Å². The first-order chi connectivity index (χ1) is 13.0. The van der Waals surface area contributed by atoms with Crippen molar-refractivity contribution in [3.63, 3.8) is 0 Å². The number of ether oxygens (including phenoxy) is 1. The average Bonchev–Trinajstić information content (AvgIpc) is 3.03. The molecule has 0 bridgehead atoms. The predicted molar refractivity (Wildman–Crippen MR) is 101 cm³/mol. The molecule has 3 rings (SSSR count). The molecule has 3 amide bonds. The highest BCUT2D eigenvalue weighted by Gasteiger charge is 2.33. The number of carbonyl (C=O) groups excluding carboxylic acids is 3. The number of benzene rings is 2. The van der Waals surface area contributed by atoms with Crippen LogP contribution in [-0.4, -0.2) is 42.8 Å². The number of amides is 3. The van der Waals surface area contributed by atoms with Crippen molar-refractivity contribution in [1.29, 1.82) is 0 Å². The van der Waals surface area contributed by atoms with Gasteiger partial charge in [0.2, 0.25) is 5.91 Å². The van der Waals surface area contributed by atoms with Crippen LogP contribution in [0.4, 0.5) is 5.69 Å². The third-order valence-corrected chi connectivity index (χ3v) is 4.64. The Morgan fingerprint density at radius 1 is 1.19 bits per heavy atom. The summed E-state index contributed by atoms with van der Waals surface area (Å²) in [6, 6.07) is 11.4. The molecule has 27 heavy (non-hydrogen) atoms. The lowest BCUT2D eigenvalue weighted by Gasteiger charge is -2.24. The van der Waals surface area contributed by atoms with E-state index in [1.165, 1.54) is 19.1 Å². The minimum absolute atomic E-state index is 0.167. The topological polar surface area (TPSA) is 87.7 Å². The predicted octanol–water partition coefficient (Wildman–Crippen LogP) is 2.04. The normalized spacial score (nSPS) is 13.7. The van der Waals surface area contributed by atoms with Crippen LogP contribution in [0.15, 0.2) is 42.5 Å². The SMILES string of the molecule is CNC(=O)c1ccc(OC)c(NC(=O)[C@@H](C)N2Cc3ccccc3C2=O)c1. The zero-order valence-electron chi connectivity index (χ0n) is 15.4. The maximum absolute atomic E-state index is 12.8. The second-order valence-electron chi connectivity index (χ2n) is 6.25. The summed E-state index contributed by atoms with van der Waals surface area (Å²) in [5, 5.41) is 5.30. The Morgan fingerprint density at radius 2 is 1.93 bits per heavy atom. The summed E-state index contributed by atoms with van der Waals surface area (Å²) in [5.41, 5.74) is 2.29. The number of methoxy groups -OCH3 is 1. The van der Waals surface area contributed by atoms with Crippen LogP contribution in [0.25, 0.3) is 0 Å². The molecule has 7 nitrogen and oxygen atoms in total. The Balaban J connectivity index is 1.79. The first-order valence-electron chi connectivity index (χ1n) is 8.56. The Bertz CT molecular complexity index is 910. The summed E-state index contributed by atoms with van der Waals surface area (Å²) in [6.45, 7) is 2.06. The summed E-state index contributed by atoms with van der Waals surface area (Å²) in [5.74, 6) is -0.367. The third-order valence-electron chi connectivity index (χ3n) is 4.64. The maximum atomic E-state index is 12.8. The lowest BCUT2D eigenvalue weighted by molar-refractivity contribution is -0.120. The number of nitrogens with one attached hydrogen (secondary N) is 2. The van der Waals surface area contributed by atoms with Gasteiger partial charge in [-0.1, -0.05) is 18.2 Å². The van der Waals surface area contributed by atoms with E-state index in [2.05, 4.69) is 10.6 Å². The number of nitrogens with zero attached hydrogens (tertiary/aromatic N) is 1. The number of anilines is 1. The number of rotatable bonds is 5. The van der Waals surface area contributed by atoms with E-state index >= 15 is 0 Å². The summed E-state index contributed by atoms with van der Waals surface area (Å²) >= 11 is 0. The summed E-state index contributed by atoms with van der Waals surface area (Å²) in [6.07, 6.45) is 0. The van der Waals surface area contributed by atoms with Gasteiger partial charge in [0.25, 0.3) is 11.8 Å². The monoisotopic (exact) mass is 367 g/mol. The van der Waals surface area contributed by atoms with E-state index in [0.29, 0.717) is 29.1 Å². The van der Waals surface area contributed by atoms with Gasteiger partial charge < -0.3 is 20.3 Å². The van der Waals surface area contributed by atoms with Gasteiger partial charge in [-0.05, 0) is 36.8 Å². The van der Waals surface area contributed by atoms with Crippen molar-refractivity contribution in [2.24, 2.45) is 0 Å². The molecule has 0 radical (unpaired) electrons. The fraction of sp³-hybridized carbons (Fsp3) is 0.250. The van der Waals surface area contributed by atoms with Crippen molar-refractivity contribution < 1.29 is 19.1 Å². The quantitative estimate of drug-likeness (QED) is 0.847. The van der Waals surface area contributed by atoms with Gasteiger partial charge >= 0.3 is 0 Å². The molecule has 2 aromatic rings. The Hall–Kier alpha value is -3.35. The molecule has 0 unspecified atom stereocenters. The molecular weight excluding hydrogens is 346 g/mol. The van der Waals surface area contributed by atoms with Gasteiger partial charge in [0, 0.05) is 24.7 Å². The Kier molecular flexibility index (Phi) is 5.12. The average molecular weight is 367 g/mol. The number of hydrogen-bond acceptors (Lipinski definition) is 4. The molecule has 140 valence electrons. The van der Waals surface area contributed by atoms with Crippen molar-refractivity contribution in [3.05, 3.63) is 59.2 Å². The fourth-order valence-electron chi connectivity index (χ4n) is 3.06. The maximum Gasteiger partial charge on any atom is 0.255 e. The van der Waals surface area contributed by atoms with E-state index in [1.54, 1.807) is 37.3 Å². The lowest BCUT2D eigenvalue weighted by atomic mass is 10.1. The highest BCUT2D eigenvalue weighted by atomic mass is 16.5. The zero-order valence-corrected chi connectivity index (χ0v) is 15.4. The molecule has 1 aliphatic rings. The molecule has 0 spiro atoms. The second-order valence-corrected chi connectivity index (χ2v) is 6.25. The van der Waals surface area contributed by atoms with Gasteiger partial charge in [-0.15, -0.1) is 0 Å². The van der Waals surface area contributed by atoms with Crippen LogP contribution in [0.3, 0.4) is 0 Å². The van der Waals surface area contributed by atoms with Gasteiger partial charge in [0.1, 0.15) is 11.8 Å². The Labute approximate surface area is 157 Å². The third kappa shape index (κ3) is 3.48. The van der Waals surface area contributed by atoms with Crippen LogP contribution in [-0.2, 0) is 11.3 Å². The zero-order chi connectivity index (χ0) is 19.6. The number of fused-ring (bicyclic) bond motifs is 1. The number of hydrogen-bond donors (Lipinski definition) is 2. The van der Waals surface area contributed by atoms with E-state index in [4.69, 9.17) is 4.74 Å². The fourth-order valence-corrected chi connectivity index (χ4v) is 3.06. The summed E-state index contributed by atoms with van der Waals surface area (Å²) in [7, 11) is 3.01. The van der Waals surface area contributed by atoms with E-state index in [1.807, 2.05) is 12.1 Å². The molecule has 7 heteroatoms. The standard InChI is InChI=1S/C20H21N3O4/c1-12(23-11-14-6-4-5-7-15(14)20(23)26)18(24)22-16-10-13(19(25)21-2)8-9-17(16)27-3/h4-10,12H,11H2,1-3H3,(H,21,25)(H,22,24)/t12-/m1/s1. The van der Waals surface area contributed by atoms with E-state index in [9.17, 15) is 14.4 Å². The molecule has 0 aliphatic carbocycles. The summed E-state index contributed by atoms with van der Waals surface area (Å²) in [4.78, 5) is 38.7. The van der Waals surface area contributed by atoms with Gasteiger partial charge in [0.05, 0.1) is 12.8 Å². The van der Waals surface area contributed by atoms with Crippen molar-refractivity contribution in [3.8, 4) is 5.75 Å². The molecule has 0 saturated carbocycles. The molecule has 2 aromatic carbocycles. The Morgan fingerprint density at radius 3 is 2.59 bits per heavy atom. The van der Waals surface area contributed by atoms with Gasteiger partial charge in [-0.25, -0.2) is 0 Å². The van der Waals surface area contributed by atoms with Crippen LogP contribution in [0.1, 0.15) is 33.2 Å². The van der Waals surface area contributed by atoms with Crippen molar-refractivity contribution in [1.82, 2.24) is 10.2 Å². The second kappa shape index (κ2) is 7.49. The smallest absolute Gasteiger partial charge is 0.255 e. The van der Waals surface area contributed by atoms with Gasteiger partial charge in [0.15, 0.2) is 0 Å². The molecule has 1 aliphatic heterocycles. The molecule has 1 heterocycles. The van der Waals surface area contributed by atoms with E-state index in [0.717, 1.165) is 5.56 Å². The van der Waals surface area contributed by atoms with Crippen LogP contribution >= 0.6 is 0 Å². The van der Waals surface area contributed by atoms with E-state index < -0.39 is 6.04 Å². The van der Waals surface area contributed by atoms with Gasteiger partial charge in [-0.3, -0.25) is 14.4 Å². The van der Waals surface area contributed by atoms with Crippen molar-refractivity contribution in [2.45, 2.75) is 19.5 Å². The molecule has 0 aromatic heterocycles. The lowest BCUT2D eigenvalue weighted by Crippen LogP contribution is -2.42. The first-order valence-corrected chi connectivity index (χ1v) is 8.56.